The molecule has 1 saturated heterocycles. The molecule has 9 atom stereocenters. The van der Waals surface area contributed by atoms with E-state index >= 15 is 0 Å². The molecular weight excluding hydrogens is 420 g/mol. The molecule has 1 spiro atoms. The minimum absolute atomic E-state index is 0.0354. The van der Waals surface area contributed by atoms with Crippen LogP contribution in [-0.4, -0.2) is 27.7 Å². The van der Waals surface area contributed by atoms with Gasteiger partial charge in [0.05, 0.1) is 0 Å². The SMILES string of the molecule is CCC(=O)S[C@H]1CC2=CC(=O)CC[C@]2(C)C2CC[C@@]3(C)C(C21)[C@H](C)[C@H](C)[C@@]31CCC(=O)O1. The fraction of sp³-hybridized carbons (Fsp3) is 0.815. The second-order valence-electron chi connectivity index (χ2n) is 11.8. The van der Waals surface area contributed by atoms with E-state index in [2.05, 4.69) is 27.7 Å². The van der Waals surface area contributed by atoms with Crippen LogP contribution in [0.2, 0.25) is 0 Å². The second-order valence-corrected chi connectivity index (χ2v) is 13.1. The quantitative estimate of drug-likeness (QED) is 0.494. The molecule has 0 radical (unpaired) electrons. The van der Waals surface area contributed by atoms with Gasteiger partial charge in [-0.1, -0.05) is 52.0 Å². The summed E-state index contributed by atoms with van der Waals surface area (Å²) in [6.07, 6.45) is 8.43. The van der Waals surface area contributed by atoms with Crippen LogP contribution in [0.15, 0.2) is 11.6 Å². The Morgan fingerprint density at radius 3 is 2.56 bits per heavy atom. The van der Waals surface area contributed by atoms with Crippen molar-refractivity contribution >= 4 is 28.6 Å². The number of hydrogen-bond donors (Lipinski definition) is 0. The van der Waals surface area contributed by atoms with Crippen molar-refractivity contribution in [1.29, 1.82) is 0 Å². The molecule has 5 aliphatic rings. The van der Waals surface area contributed by atoms with Crippen molar-refractivity contribution in [3.63, 3.8) is 0 Å². The number of ether oxygens (including phenoxy) is 1. The molecule has 0 N–H and O–H groups in total. The van der Waals surface area contributed by atoms with E-state index < -0.39 is 0 Å². The van der Waals surface area contributed by atoms with Crippen molar-refractivity contribution in [2.75, 3.05) is 0 Å². The van der Waals surface area contributed by atoms with E-state index in [1.165, 1.54) is 5.57 Å². The minimum atomic E-state index is -0.358. The number of rotatable bonds is 2. The highest BCUT2D eigenvalue weighted by molar-refractivity contribution is 8.14. The number of thioether (sulfide) groups is 1. The van der Waals surface area contributed by atoms with Crippen molar-refractivity contribution in [1.82, 2.24) is 0 Å². The van der Waals surface area contributed by atoms with Crippen LogP contribution < -0.4 is 0 Å². The minimum Gasteiger partial charge on any atom is -0.458 e. The first-order chi connectivity index (χ1) is 15.1. The molecule has 0 aromatic heterocycles. The second kappa shape index (κ2) is 7.45. The average molecular weight is 459 g/mol. The van der Waals surface area contributed by atoms with Crippen LogP contribution in [0, 0.1) is 40.4 Å². The lowest BCUT2D eigenvalue weighted by Crippen LogP contribution is -2.58. The standard InChI is InChI=1S/C27H38O4S/c1-6-22(30)32-20-14-17-13-18(28)7-10-25(17,4)19-8-11-26(5)24(23(19)20)15(2)16(3)27(26)12-9-21(29)31-27/h13,15-16,19-20,23-24H,6-12,14H2,1-5H3/t15-,16+,19?,20+,23?,24?,25+,26+,27+/m1/s1. The number of esters is 1. The third kappa shape index (κ3) is 2.85. The highest BCUT2D eigenvalue weighted by Crippen LogP contribution is 2.73. The van der Waals surface area contributed by atoms with E-state index in [1.54, 1.807) is 11.8 Å². The molecule has 3 unspecified atom stereocenters. The van der Waals surface area contributed by atoms with Gasteiger partial charge >= 0.3 is 5.97 Å². The maximum atomic E-state index is 12.7. The Bertz CT molecular complexity index is 894. The lowest BCUT2D eigenvalue weighted by molar-refractivity contribution is -0.173. The Morgan fingerprint density at radius 1 is 1.16 bits per heavy atom. The molecule has 5 rings (SSSR count). The predicted molar refractivity (Wildman–Crippen MR) is 126 cm³/mol. The normalized spacial score (nSPS) is 49.8. The summed E-state index contributed by atoms with van der Waals surface area (Å²) >= 11 is 1.55. The van der Waals surface area contributed by atoms with Crippen LogP contribution in [-0.2, 0) is 19.1 Å². The van der Waals surface area contributed by atoms with E-state index in [1.807, 2.05) is 13.0 Å². The summed E-state index contributed by atoms with van der Waals surface area (Å²) in [6.45, 7) is 11.4. The molecule has 176 valence electrons. The molecule has 1 heterocycles. The van der Waals surface area contributed by atoms with Crippen molar-refractivity contribution in [2.45, 2.75) is 96.8 Å². The van der Waals surface area contributed by atoms with Crippen LogP contribution >= 0.6 is 11.8 Å². The zero-order chi connectivity index (χ0) is 23.1. The summed E-state index contributed by atoms with van der Waals surface area (Å²) in [4.78, 5) is 37.4. The van der Waals surface area contributed by atoms with Gasteiger partial charge in [-0.2, -0.15) is 0 Å². The maximum Gasteiger partial charge on any atom is 0.306 e. The fourth-order valence-electron chi connectivity index (χ4n) is 9.13. The molecular formula is C27H38O4S. The first kappa shape index (κ1) is 22.7. The van der Waals surface area contributed by atoms with Gasteiger partial charge < -0.3 is 4.74 Å². The molecule has 0 aromatic carbocycles. The van der Waals surface area contributed by atoms with Crippen LogP contribution in [0.3, 0.4) is 0 Å². The molecule has 1 aliphatic heterocycles. The van der Waals surface area contributed by atoms with Gasteiger partial charge in [0, 0.05) is 29.9 Å². The Hall–Kier alpha value is -1.10. The first-order valence-electron chi connectivity index (χ1n) is 12.7. The van der Waals surface area contributed by atoms with Crippen molar-refractivity contribution in [3.8, 4) is 0 Å². The van der Waals surface area contributed by atoms with Gasteiger partial charge in [-0.25, -0.2) is 0 Å². The Morgan fingerprint density at radius 2 is 1.91 bits per heavy atom. The van der Waals surface area contributed by atoms with Gasteiger partial charge in [0.2, 0.25) is 0 Å². The highest BCUT2D eigenvalue weighted by atomic mass is 32.2. The number of hydrogen-bond acceptors (Lipinski definition) is 5. The fourth-order valence-corrected chi connectivity index (χ4v) is 10.4. The zero-order valence-electron chi connectivity index (χ0n) is 20.2. The summed E-state index contributed by atoms with van der Waals surface area (Å²) < 4.78 is 6.26. The summed E-state index contributed by atoms with van der Waals surface area (Å²) in [7, 11) is 0. The predicted octanol–water partition coefficient (Wildman–Crippen LogP) is 5.73. The third-order valence-corrected chi connectivity index (χ3v) is 12.2. The molecule has 0 aromatic rings. The Labute approximate surface area is 196 Å². The molecule has 4 aliphatic carbocycles. The number of fused-ring (bicyclic) bond motifs is 6. The van der Waals surface area contributed by atoms with E-state index in [-0.39, 0.29) is 38.5 Å². The smallest absolute Gasteiger partial charge is 0.306 e. The number of allylic oxidation sites excluding steroid dienone is 1. The number of carbonyl (C=O) groups is 3. The zero-order valence-corrected chi connectivity index (χ0v) is 21.1. The van der Waals surface area contributed by atoms with Crippen LogP contribution in [0.4, 0.5) is 0 Å². The van der Waals surface area contributed by atoms with Crippen LogP contribution in [0.1, 0.15) is 86.0 Å². The maximum absolute atomic E-state index is 12.7. The van der Waals surface area contributed by atoms with Gasteiger partial charge in [-0.05, 0) is 73.2 Å². The third-order valence-electron chi connectivity index (χ3n) is 10.8. The Balaban J connectivity index is 1.61. The molecule has 4 fully saturated rings. The van der Waals surface area contributed by atoms with E-state index in [9.17, 15) is 14.4 Å². The van der Waals surface area contributed by atoms with Gasteiger partial charge in [0.15, 0.2) is 10.9 Å². The summed E-state index contributed by atoms with van der Waals surface area (Å²) in [5.74, 6) is 2.32. The van der Waals surface area contributed by atoms with Gasteiger partial charge in [0.1, 0.15) is 5.60 Å². The van der Waals surface area contributed by atoms with E-state index in [0.29, 0.717) is 48.9 Å². The molecule has 5 heteroatoms. The molecule has 32 heavy (non-hydrogen) atoms. The summed E-state index contributed by atoms with van der Waals surface area (Å²) in [5, 5.41) is 0.470. The molecule has 3 saturated carbocycles. The van der Waals surface area contributed by atoms with Gasteiger partial charge in [0.25, 0.3) is 0 Å². The number of ketones is 1. The van der Waals surface area contributed by atoms with Crippen LogP contribution in [0.5, 0.6) is 0 Å². The topological polar surface area (TPSA) is 60.4 Å². The summed E-state index contributed by atoms with van der Waals surface area (Å²) in [6, 6.07) is 0. The van der Waals surface area contributed by atoms with Crippen molar-refractivity contribution < 1.29 is 19.1 Å². The monoisotopic (exact) mass is 458 g/mol. The van der Waals surface area contributed by atoms with Gasteiger partial charge in [-0.3, -0.25) is 14.4 Å². The lowest BCUT2D eigenvalue weighted by atomic mass is 9.45. The van der Waals surface area contributed by atoms with E-state index in [0.717, 1.165) is 32.1 Å². The Kier molecular flexibility index (Phi) is 5.28. The highest BCUT2D eigenvalue weighted by Gasteiger charge is 2.73. The average Bonchev–Trinajstić information content (AvgIpc) is 3.23. The lowest BCUT2D eigenvalue weighted by Gasteiger charge is -2.61. The van der Waals surface area contributed by atoms with Crippen LogP contribution in [0.25, 0.3) is 0 Å². The largest absolute Gasteiger partial charge is 0.458 e. The van der Waals surface area contributed by atoms with Crippen molar-refractivity contribution in [2.24, 2.45) is 40.4 Å². The van der Waals surface area contributed by atoms with Gasteiger partial charge in [-0.15, -0.1) is 0 Å². The summed E-state index contributed by atoms with van der Waals surface area (Å²) in [5.41, 5.74) is 0.940. The molecule has 4 nitrogen and oxygen atoms in total. The molecule has 0 bridgehead atoms. The number of carbonyl (C=O) groups excluding carboxylic acids is 3. The molecule has 0 amide bonds. The van der Waals surface area contributed by atoms with E-state index in [4.69, 9.17) is 4.74 Å². The first-order valence-corrected chi connectivity index (χ1v) is 13.6. The van der Waals surface area contributed by atoms with Crippen molar-refractivity contribution in [3.05, 3.63) is 11.6 Å².